The van der Waals surface area contributed by atoms with Gasteiger partial charge in [-0.25, -0.2) is 4.98 Å². The van der Waals surface area contributed by atoms with Crippen molar-refractivity contribution in [2.45, 2.75) is 89.8 Å². The van der Waals surface area contributed by atoms with Crippen LogP contribution in [0.2, 0.25) is 0 Å². The van der Waals surface area contributed by atoms with Crippen molar-refractivity contribution in [2.75, 3.05) is 0 Å². The standard InChI is InChI=1S/C24H38N4O4S/c1-14(2)8-18(27-23(30)19-13-25-6-7-26-19)22(29)28-21(9-15(3)4)33-32-20-12-16-10-17(11-16)24(20,5)31/h6-7,13-18,20-21,31H,8-12H2,1-5H3,(H,27,30)(H,28,29). The van der Waals surface area contributed by atoms with Crippen LogP contribution in [0, 0.1) is 23.7 Å². The second kappa shape index (κ2) is 11.1. The Morgan fingerprint density at radius 1 is 1.15 bits per heavy atom. The predicted octanol–water partition coefficient (Wildman–Crippen LogP) is 3.32. The minimum Gasteiger partial charge on any atom is -0.387 e. The van der Waals surface area contributed by atoms with Crippen LogP contribution in [0.15, 0.2) is 18.6 Å². The lowest BCUT2D eigenvalue weighted by Gasteiger charge is -2.54. The van der Waals surface area contributed by atoms with Crippen molar-refractivity contribution in [3.8, 4) is 0 Å². The van der Waals surface area contributed by atoms with Crippen molar-refractivity contribution in [1.82, 2.24) is 20.6 Å². The van der Waals surface area contributed by atoms with Crippen molar-refractivity contribution >= 4 is 23.9 Å². The van der Waals surface area contributed by atoms with Crippen LogP contribution in [0.4, 0.5) is 0 Å². The monoisotopic (exact) mass is 478 g/mol. The molecule has 3 saturated carbocycles. The molecular weight excluding hydrogens is 440 g/mol. The van der Waals surface area contributed by atoms with E-state index in [1.54, 1.807) is 0 Å². The molecule has 0 aliphatic heterocycles. The summed E-state index contributed by atoms with van der Waals surface area (Å²) in [6, 6.07) is -0.694. The van der Waals surface area contributed by atoms with Gasteiger partial charge in [0.05, 0.1) is 11.8 Å². The third kappa shape index (κ3) is 6.90. The third-order valence-electron chi connectivity index (χ3n) is 6.66. The first-order valence-electron chi connectivity index (χ1n) is 12.0. The normalized spacial score (nSPS) is 28.2. The Kier molecular flexibility index (Phi) is 8.75. The van der Waals surface area contributed by atoms with Gasteiger partial charge in [-0.15, -0.1) is 0 Å². The zero-order chi connectivity index (χ0) is 24.2. The minimum atomic E-state index is -0.834. The van der Waals surface area contributed by atoms with Crippen LogP contribution >= 0.6 is 12.0 Å². The van der Waals surface area contributed by atoms with Crippen LogP contribution < -0.4 is 10.6 Å². The Labute approximate surface area is 201 Å². The summed E-state index contributed by atoms with van der Waals surface area (Å²) in [6.07, 6.45) is 8.30. The van der Waals surface area contributed by atoms with Crippen LogP contribution in [0.5, 0.6) is 0 Å². The van der Waals surface area contributed by atoms with Crippen molar-refractivity contribution in [2.24, 2.45) is 23.7 Å². The summed E-state index contributed by atoms with van der Waals surface area (Å²) in [5.41, 5.74) is -0.660. The zero-order valence-electron chi connectivity index (χ0n) is 20.3. The molecule has 0 aromatic carbocycles. The second-order valence-corrected chi connectivity index (χ2v) is 11.5. The van der Waals surface area contributed by atoms with Gasteiger partial charge in [0.1, 0.15) is 23.2 Å². The largest absolute Gasteiger partial charge is 0.387 e. The highest BCUT2D eigenvalue weighted by molar-refractivity contribution is 7.95. The van der Waals surface area contributed by atoms with Gasteiger partial charge in [-0.3, -0.25) is 14.6 Å². The zero-order valence-corrected chi connectivity index (χ0v) is 21.1. The van der Waals surface area contributed by atoms with Crippen molar-refractivity contribution in [3.63, 3.8) is 0 Å². The maximum atomic E-state index is 13.2. The second-order valence-electron chi connectivity index (χ2n) is 10.5. The molecule has 4 rings (SSSR count). The predicted molar refractivity (Wildman–Crippen MR) is 128 cm³/mol. The molecular formula is C24H38N4O4S. The molecule has 2 amide bonds. The lowest BCUT2D eigenvalue weighted by Crippen LogP contribution is -2.58. The van der Waals surface area contributed by atoms with Gasteiger partial charge in [0.2, 0.25) is 5.91 Å². The van der Waals surface area contributed by atoms with Crippen LogP contribution in [0.1, 0.15) is 77.2 Å². The molecule has 0 saturated heterocycles. The summed E-state index contributed by atoms with van der Waals surface area (Å²) < 4.78 is 6.12. The summed E-state index contributed by atoms with van der Waals surface area (Å²) >= 11 is 1.23. The number of nitrogens with zero attached hydrogens (tertiary/aromatic N) is 2. The van der Waals surface area contributed by atoms with Crippen LogP contribution in [0.3, 0.4) is 0 Å². The fourth-order valence-electron chi connectivity index (χ4n) is 4.64. The number of hydrogen-bond acceptors (Lipinski definition) is 7. The van der Waals surface area contributed by atoms with E-state index in [1.807, 2.05) is 20.8 Å². The molecule has 1 aromatic heterocycles. The number of fused-ring (bicyclic) bond motifs is 2. The first kappa shape index (κ1) is 25.9. The number of aliphatic hydroxyl groups is 1. The first-order valence-corrected chi connectivity index (χ1v) is 12.8. The van der Waals surface area contributed by atoms with Crippen LogP contribution in [0.25, 0.3) is 0 Å². The highest BCUT2D eigenvalue weighted by Gasteiger charge is 2.53. The van der Waals surface area contributed by atoms with Gasteiger partial charge >= 0.3 is 0 Å². The van der Waals surface area contributed by atoms with Crippen LogP contribution in [-0.2, 0) is 8.98 Å². The SMILES string of the molecule is CC(C)CC(NC(=O)C(CC(C)C)NC(=O)c1cnccn1)SOC1CC2CC(C2)C1(C)O. The number of carbonyl (C=O) groups is 2. The fraction of sp³-hybridized carbons (Fsp3) is 0.750. The molecule has 184 valence electrons. The van der Waals surface area contributed by atoms with E-state index in [0.717, 1.165) is 19.3 Å². The molecule has 3 aliphatic rings. The van der Waals surface area contributed by atoms with Gasteiger partial charge in [0, 0.05) is 24.4 Å². The van der Waals surface area contributed by atoms with E-state index in [-0.39, 0.29) is 29.0 Å². The third-order valence-corrected chi connectivity index (χ3v) is 7.55. The molecule has 4 atom stereocenters. The van der Waals surface area contributed by atoms with Gasteiger partial charge in [0.15, 0.2) is 0 Å². The maximum absolute atomic E-state index is 13.2. The Morgan fingerprint density at radius 2 is 1.85 bits per heavy atom. The van der Waals surface area contributed by atoms with Gasteiger partial charge in [-0.2, -0.15) is 0 Å². The number of hydrogen-bond donors (Lipinski definition) is 3. The molecule has 8 nitrogen and oxygen atoms in total. The van der Waals surface area contributed by atoms with Gasteiger partial charge in [-0.1, -0.05) is 27.7 Å². The van der Waals surface area contributed by atoms with E-state index in [2.05, 4.69) is 34.4 Å². The van der Waals surface area contributed by atoms with Crippen molar-refractivity contribution in [1.29, 1.82) is 0 Å². The van der Waals surface area contributed by atoms with Gasteiger partial charge < -0.3 is 19.9 Å². The molecule has 0 radical (unpaired) electrons. The molecule has 1 heterocycles. The highest BCUT2D eigenvalue weighted by Crippen LogP contribution is 2.52. The van der Waals surface area contributed by atoms with E-state index < -0.39 is 17.6 Å². The highest BCUT2D eigenvalue weighted by atomic mass is 32.2. The van der Waals surface area contributed by atoms with E-state index in [9.17, 15) is 14.7 Å². The summed E-state index contributed by atoms with van der Waals surface area (Å²) in [7, 11) is 0. The van der Waals surface area contributed by atoms with E-state index >= 15 is 0 Å². The first-order chi connectivity index (χ1) is 15.6. The Morgan fingerprint density at radius 3 is 2.42 bits per heavy atom. The lowest BCUT2D eigenvalue weighted by molar-refractivity contribution is -0.168. The summed E-state index contributed by atoms with van der Waals surface area (Å²) in [4.78, 5) is 33.7. The molecule has 3 fully saturated rings. The quantitative estimate of drug-likeness (QED) is 0.330. The molecule has 2 bridgehead atoms. The average molecular weight is 479 g/mol. The molecule has 33 heavy (non-hydrogen) atoms. The minimum absolute atomic E-state index is 0.175. The molecule has 4 unspecified atom stereocenters. The summed E-state index contributed by atoms with van der Waals surface area (Å²) in [5.74, 6) is 0.799. The van der Waals surface area contributed by atoms with Crippen molar-refractivity contribution in [3.05, 3.63) is 24.3 Å². The van der Waals surface area contributed by atoms with E-state index in [0.29, 0.717) is 30.6 Å². The molecule has 0 spiro atoms. The topological polar surface area (TPSA) is 113 Å². The number of rotatable bonds is 11. The van der Waals surface area contributed by atoms with Gasteiger partial charge in [-0.05, 0) is 62.7 Å². The Hall–Kier alpha value is -1.71. The van der Waals surface area contributed by atoms with Gasteiger partial charge in [0.25, 0.3) is 5.91 Å². The Balaban J connectivity index is 1.62. The smallest absolute Gasteiger partial charge is 0.272 e. The number of aromatic nitrogens is 2. The maximum Gasteiger partial charge on any atom is 0.272 e. The van der Waals surface area contributed by atoms with Crippen molar-refractivity contribution < 1.29 is 18.9 Å². The number of amides is 2. The fourth-order valence-corrected chi connectivity index (χ4v) is 5.81. The van der Waals surface area contributed by atoms with E-state index in [1.165, 1.54) is 30.6 Å². The summed E-state index contributed by atoms with van der Waals surface area (Å²) in [6.45, 7) is 10.1. The number of carbonyl (C=O) groups excluding carboxylic acids is 2. The molecule has 3 N–H and O–H groups in total. The molecule has 1 aromatic rings. The summed E-state index contributed by atoms with van der Waals surface area (Å²) in [5, 5.41) is 16.5. The Bertz CT molecular complexity index is 799. The average Bonchev–Trinajstić information content (AvgIpc) is 2.70. The molecule has 9 heteroatoms. The van der Waals surface area contributed by atoms with Crippen LogP contribution in [-0.4, -0.2) is 50.0 Å². The van der Waals surface area contributed by atoms with E-state index in [4.69, 9.17) is 4.18 Å². The lowest BCUT2D eigenvalue weighted by atomic mass is 9.57. The molecule has 3 aliphatic carbocycles. The number of nitrogens with one attached hydrogen (secondary N) is 2.